The average molecular weight is 253 g/mol. The van der Waals surface area contributed by atoms with Crippen molar-refractivity contribution in [2.24, 2.45) is 0 Å². The summed E-state index contributed by atoms with van der Waals surface area (Å²) in [6, 6.07) is 0. The molecule has 0 aromatic carbocycles. The van der Waals surface area contributed by atoms with Crippen LogP contribution in [-0.2, 0) is 9.31 Å². The van der Waals surface area contributed by atoms with Gasteiger partial charge < -0.3 is 14.6 Å². The van der Waals surface area contributed by atoms with E-state index in [2.05, 4.69) is 39.9 Å². The summed E-state index contributed by atoms with van der Waals surface area (Å²) in [6.07, 6.45) is 4.85. The SMILES string of the molecule is CC1(B2OC(C)(C)C(C)(C)O2)CCCCNCC1. The second kappa shape index (κ2) is 4.80. The van der Waals surface area contributed by atoms with Crippen molar-refractivity contribution in [3.63, 3.8) is 0 Å². The van der Waals surface area contributed by atoms with Crippen LogP contribution >= 0.6 is 0 Å². The first kappa shape index (κ1) is 14.4. The smallest absolute Gasteiger partial charge is 0.403 e. The van der Waals surface area contributed by atoms with Crippen LogP contribution in [-0.4, -0.2) is 31.4 Å². The first-order chi connectivity index (χ1) is 8.27. The molecule has 3 nitrogen and oxygen atoms in total. The fourth-order valence-corrected chi connectivity index (χ4v) is 2.77. The van der Waals surface area contributed by atoms with E-state index < -0.39 is 0 Å². The predicted molar refractivity (Wildman–Crippen MR) is 75.8 cm³/mol. The van der Waals surface area contributed by atoms with Gasteiger partial charge in [0.1, 0.15) is 0 Å². The molecule has 1 unspecified atom stereocenters. The Morgan fingerprint density at radius 3 is 2.06 bits per heavy atom. The minimum Gasteiger partial charge on any atom is -0.403 e. The van der Waals surface area contributed by atoms with Crippen molar-refractivity contribution in [3.8, 4) is 0 Å². The first-order valence-electron chi connectivity index (χ1n) is 7.33. The van der Waals surface area contributed by atoms with Gasteiger partial charge in [0.05, 0.1) is 11.2 Å². The summed E-state index contributed by atoms with van der Waals surface area (Å²) in [4.78, 5) is 0. The Bertz CT molecular complexity index is 280. The van der Waals surface area contributed by atoms with Crippen LogP contribution in [0.2, 0.25) is 5.31 Å². The van der Waals surface area contributed by atoms with E-state index in [4.69, 9.17) is 9.31 Å². The van der Waals surface area contributed by atoms with E-state index in [0.717, 1.165) is 19.5 Å². The summed E-state index contributed by atoms with van der Waals surface area (Å²) >= 11 is 0. The van der Waals surface area contributed by atoms with Crippen molar-refractivity contribution < 1.29 is 9.31 Å². The van der Waals surface area contributed by atoms with Crippen molar-refractivity contribution in [1.29, 1.82) is 0 Å². The Hall–Kier alpha value is -0.0551. The number of rotatable bonds is 1. The summed E-state index contributed by atoms with van der Waals surface area (Å²) in [5, 5.41) is 3.63. The van der Waals surface area contributed by atoms with Gasteiger partial charge in [0, 0.05) is 5.31 Å². The summed E-state index contributed by atoms with van der Waals surface area (Å²) in [5.41, 5.74) is -0.424. The van der Waals surface area contributed by atoms with Crippen molar-refractivity contribution in [1.82, 2.24) is 5.32 Å². The average Bonchev–Trinajstić information content (AvgIpc) is 2.43. The molecule has 2 heterocycles. The van der Waals surface area contributed by atoms with Gasteiger partial charge in [0.25, 0.3) is 0 Å². The normalized spacial score (nSPS) is 36.2. The van der Waals surface area contributed by atoms with E-state index >= 15 is 0 Å². The Morgan fingerprint density at radius 1 is 0.833 bits per heavy atom. The van der Waals surface area contributed by atoms with E-state index in [1.54, 1.807) is 0 Å². The molecule has 1 N–H and O–H groups in total. The zero-order valence-corrected chi connectivity index (χ0v) is 12.6. The Labute approximate surface area is 112 Å². The molecule has 104 valence electrons. The molecule has 2 fully saturated rings. The molecule has 0 amide bonds. The van der Waals surface area contributed by atoms with Gasteiger partial charge in [-0.2, -0.15) is 0 Å². The van der Waals surface area contributed by atoms with Gasteiger partial charge in [-0.15, -0.1) is 0 Å². The fourth-order valence-electron chi connectivity index (χ4n) is 2.77. The van der Waals surface area contributed by atoms with Crippen LogP contribution in [0.25, 0.3) is 0 Å². The number of hydrogen-bond acceptors (Lipinski definition) is 3. The third kappa shape index (κ3) is 2.61. The zero-order chi connectivity index (χ0) is 13.4. The third-order valence-corrected chi connectivity index (χ3v) is 5.05. The lowest BCUT2D eigenvalue weighted by Gasteiger charge is -2.33. The lowest BCUT2D eigenvalue weighted by Crippen LogP contribution is -2.41. The molecule has 2 aliphatic heterocycles. The van der Waals surface area contributed by atoms with Gasteiger partial charge in [-0.05, 0) is 60.0 Å². The minimum absolute atomic E-state index is 0.0672. The molecular formula is C14H28BNO2. The van der Waals surface area contributed by atoms with Crippen LogP contribution < -0.4 is 5.32 Å². The van der Waals surface area contributed by atoms with Crippen LogP contribution in [0.5, 0.6) is 0 Å². The highest BCUT2D eigenvalue weighted by molar-refractivity contribution is 6.49. The van der Waals surface area contributed by atoms with Gasteiger partial charge in [0.15, 0.2) is 0 Å². The van der Waals surface area contributed by atoms with E-state index in [9.17, 15) is 0 Å². The van der Waals surface area contributed by atoms with Gasteiger partial charge >= 0.3 is 7.12 Å². The Kier molecular flexibility index (Phi) is 3.83. The molecule has 0 spiro atoms. The monoisotopic (exact) mass is 253 g/mol. The maximum absolute atomic E-state index is 6.25. The maximum atomic E-state index is 6.25. The highest BCUT2D eigenvalue weighted by Crippen LogP contribution is 2.49. The third-order valence-electron chi connectivity index (χ3n) is 5.05. The molecule has 2 aliphatic rings. The molecule has 0 aromatic heterocycles. The predicted octanol–water partition coefficient (Wildman–Crippen LogP) is 3.00. The molecular weight excluding hydrogens is 225 g/mol. The van der Waals surface area contributed by atoms with E-state index in [1.165, 1.54) is 19.3 Å². The standard InChI is InChI=1S/C14H28BNO2/c1-12(2)13(3,4)18-15(17-12)14(5)8-6-7-10-16-11-9-14/h16H,6-11H2,1-5H3. The molecule has 0 aliphatic carbocycles. The minimum atomic E-state index is -0.212. The van der Waals surface area contributed by atoms with Crippen molar-refractivity contribution in [2.75, 3.05) is 13.1 Å². The topological polar surface area (TPSA) is 30.5 Å². The van der Waals surface area contributed by atoms with Crippen LogP contribution in [0, 0.1) is 0 Å². The summed E-state index contributed by atoms with van der Waals surface area (Å²) < 4.78 is 12.5. The van der Waals surface area contributed by atoms with E-state index in [1.807, 2.05) is 0 Å². The van der Waals surface area contributed by atoms with Gasteiger partial charge in [-0.25, -0.2) is 0 Å². The molecule has 0 radical (unpaired) electrons. The van der Waals surface area contributed by atoms with Crippen molar-refractivity contribution in [2.45, 2.75) is 76.8 Å². The van der Waals surface area contributed by atoms with E-state index in [-0.39, 0.29) is 23.6 Å². The molecule has 0 aromatic rings. The lowest BCUT2D eigenvalue weighted by atomic mass is 9.54. The fraction of sp³-hybridized carbons (Fsp3) is 1.00. The van der Waals surface area contributed by atoms with E-state index in [0.29, 0.717) is 0 Å². The van der Waals surface area contributed by atoms with Gasteiger partial charge in [0.2, 0.25) is 0 Å². The van der Waals surface area contributed by atoms with Crippen molar-refractivity contribution >= 4 is 7.12 Å². The first-order valence-corrected chi connectivity index (χ1v) is 7.33. The van der Waals surface area contributed by atoms with Gasteiger partial charge in [-0.1, -0.05) is 13.3 Å². The lowest BCUT2D eigenvalue weighted by molar-refractivity contribution is 0.00578. The molecule has 2 rings (SSSR count). The second-order valence-electron chi connectivity index (χ2n) is 7.20. The molecule has 0 saturated carbocycles. The van der Waals surface area contributed by atoms with Gasteiger partial charge in [-0.3, -0.25) is 0 Å². The van der Waals surface area contributed by atoms with Crippen LogP contribution in [0.4, 0.5) is 0 Å². The van der Waals surface area contributed by atoms with Crippen molar-refractivity contribution in [3.05, 3.63) is 0 Å². The maximum Gasteiger partial charge on any atom is 0.464 e. The number of nitrogens with one attached hydrogen (secondary N) is 1. The largest absolute Gasteiger partial charge is 0.464 e. The molecule has 1 atom stereocenters. The number of hydrogen-bond donors (Lipinski definition) is 1. The van der Waals surface area contributed by atoms with Crippen LogP contribution in [0.3, 0.4) is 0 Å². The highest BCUT2D eigenvalue weighted by atomic mass is 16.7. The summed E-state index contributed by atoms with van der Waals surface area (Å²) in [7, 11) is -0.0672. The molecule has 18 heavy (non-hydrogen) atoms. The second-order valence-corrected chi connectivity index (χ2v) is 7.20. The molecule has 2 saturated heterocycles. The van der Waals surface area contributed by atoms with Crippen LogP contribution in [0.15, 0.2) is 0 Å². The van der Waals surface area contributed by atoms with Crippen LogP contribution in [0.1, 0.15) is 60.3 Å². The zero-order valence-electron chi connectivity index (χ0n) is 12.6. The molecule has 4 heteroatoms. The summed E-state index contributed by atoms with van der Waals surface area (Å²) in [5.74, 6) is 0. The quantitative estimate of drug-likeness (QED) is 0.729. The Balaban J connectivity index is 2.10. The highest BCUT2D eigenvalue weighted by Gasteiger charge is 2.57. The summed E-state index contributed by atoms with van der Waals surface area (Å²) in [6.45, 7) is 13.1. The molecule has 0 bridgehead atoms. The Morgan fingerprint density at radius 2 is 1.44 bits per heavy atom.